The lowest BCUT2D eigenvalue weighted by Crippen LogP contribution is -2.34. The van der Waals surface area contributed by atoms with Gasteiger partial charge in [0, 0.05) is 19.0 Å². The maximum Gasteiger partial charge on any atom is 0.140 e. The molecule has 5 nitrogen and oxygen atoms in total. The molecule has 0 aliphatic carbocycles. The fourth-order valence-electron chi connectivity index (χ4n) is 0.701. The molecule has 0 aliphatic heterocycles. The van der Waals surface area contributed by atoms with Crippen LogP contribution in [-0.2, 0) is 0 Å². The van der Waals surface area contributed by atoms with Crippen molar-refractivity contribution in [2.24, 2.45) is 10.9 Å². The van der Waals surface area contributed by atoms with Gasteiger partial charge in [-0.2, -0.15) is 0 Å². The molecule has 0 saturated carbocycles. The van der Waals surface area contributed by atoms with Crippen molar-refractivity contribution in [2.75, 3.05) is 20.2 Å². The maximum atomic E-state index is 8.78. The largest absolute Gasteiger partial charge is 0.409 e. The Labute approximate surface area is 72.5 Å². The van der Waals surface area contributed by atoms with Gasteiger partial charge in [0.05, 0.1) is 6.61 Å². The van der Waals surface area contributed by atoms with Gasteiger partial charge in [-0.1, -0.05) is 5.16 Å². The van der Waals surface area contributed by atoms with E-state index in [1.807, 2.05) is 18.9 Å². The van der Waals surface area contributed by atoms with Crippen LogP contribution in [0.1, 0.15) is 13.3 Å². The van der Waals surface area contributed by atoms with Gasteiger partial charge in [0.2, 0.25) is 0 Å². The van der Waals surface area contributed by atoms with Crippen molar-refractivity contribution in [1.82, 2.24) is 4.90 Å². The van der Waals surface area contributed by atoms with Crippen molar-refractivity contribution >= 4 is 5.84 Å². The molecule has 1 unspecified atom stereocenters. The molecule has 0 aromatic rings. The molecule has 0 fully saturated rings. The first-order valence-corrected chi connectivity index (χ1v) is 3.89. The highest BCUT2D eigenvalue weighted by Gasteiger charge is 2.07. The summed E-state index contributed by atoms with van der Waals surface area (Å²) >= 11 is 0. The summed E-state index contributed by atoms with van der Waals surface area (Å²) in [6.07, 6.45) is 0.511. The average Bonchev–Trinajstić information content (AvgIpc) is 2.11. The minimum Gasteiger partial charge on any atom is -0.409 e. The lowest BCUT2D eigenvalue weighted by atomic mass is 10.3. The molecule has 0 rings (SSSR count). The van der Waals surface area contributed by atoms with Crippen LogP contribution in [0.2, 0.25) is 0 Å². The Morgan fingerprint density at radius 1 is 1.67 bits per heavy atom. The van der Waals surface area contributed by atoms with Crippen molar-refractivity contribution in [3.63, 3.8) is 0 Å². The number of likely N-dealkylation sites (N-methyl/N-ethyl adjacent to an activating group) is 1. The molecule has 5 heteroatoms. The first-order valence-electron chi connectivity index (χ1n) is 3.89. The van der Waals surface area contributed by atoms with Crippen LogP contribution in [0.5, 0.6) is 0 Å². The first kappa shape index (κ1) is 11.2. The molecule has 72 valence electrons. The van der Waals surface area contributed by atoms with Gasteiger partial charge in [-0.15, -0.1) is 0 Å². The third-order valence-electron chi connectivity index (χ3n) is 1.87. The zero-order valence-electron chi connectivity index (χ0n) is 7.56. The van der Waals surface area contributed by atoms with E-state index in [1.165, 1.54) is 0 Å². The standard InChI is InChI=1S/C7H17N3O2/c1-6(5-11)10(2)4-3-7(8)9-12/h6,11-12H,3-5H2,1-2H3,(H2,8,9). The van der Waals surface area contributed by atoms with Gasteiger partial charge in [0.1, 0.15) is 5.84 Å². The molecule has 0 saturated heterocycles. The van der Waals surface area contributed by atoms with Gasteiger partial charge in [0.25, 0.3) is 0 Å². The van der Waals surface area contributed by atoms with Crippen LogP contribution in [0.25, 0.3) is 0 Å². The molecule has 0 aliphatic rings. The number of nitrogens with two attached hydrogens (primary N) is 1. The van der Waals surface area contributed by atoms with E-state index < -0.39 is 0 Å². The summed E-state index contributed by atoms with van der Waals surface area (Å²) in [6, 6.07) is 0.108. The average molecular weight is 175 g/mol. The maximum absolute atomic E-state index is 8.78. The Kier molecular flexibility index (Phi) is 5.40. The van der Waals surface area contributed by atoms with Gasteiger partial charge >= 0.3 is 0 Å². The van der Waals surface area contributed by atoms with E-state index in [2.05, 4.69) is 5.16 Å². The van der Waals surface area contributed by atoms with Crippen LogP contribution < -0.4 is 5.73 Å². The van der Waals surface area contributed by atoms with E-state index in [4.69, 9.17) is 16.0 Å². The molecule has 4 N–H and O–H groups in total. The highest BCUT2D eigenvalue weighted by Crippen LogP contribution is 1.95. The Hall–Kier alpha value is -0.810. The number of aliphatic hydroxyl groups excluding tert-OH is 1. The minimum absolute atomic E-state index is 0.108. The van der Waals surface area contributed by atoms with Gasteiger partial charge in [0.15, 0.2) is 0 Å². The van der Waals surface area contributed by atoms with Crippen molar-refractivity contribution in [1.29, 1.82) is 0 Å². The molecular formula is C7H17N3O2. The second-order valence-corrected chi connectivity index (χ2v) is 2.85. The number of hydrogen-bond acceptors (Lipinski definition) is 4. The lowest BCUT2D eigenvalue weighted by molar-refractivity contribution is 0.161. The van der Waals surface area contributed by atoms with Crippen LogP contribution in [0.15, 0.2) is 5.16 Å². The fourth-order valence-corrected chi connectivity index (χ4v) is 0.701. The van der Waals surface area contributed by atoms with Crippen molar-refractivity contribution in [3.05, 3.63) is 0 Å². The van der Waals surface area contributed by atoms with Crippen molar-refractivity contribution in [3.8, 4) is 0 Å². The van der Waals surface area contributed by atoms with E-state index in [-0.39, 0.29) is 18.5 Å². The summed E-state index contributed by atoms with van der Waals surface area (Å²) in [7, 11) is 1.88. The number of amidine groups is 1. The SMILES string of the molecule is CC(CO)N(C)CCC(N)=NO. The van der Waals surface area contributed by atoms with E-state index >= 15 is 0 Å². The summed E-state index contributed by atoms with van der Waals surface area (Å²) in [4.78, 5) is 1.94. The second-order valence-electron chi connectivity index (χ2n) is 2.85. The van der Waals surface area contributed by atoms with E-state index in [9.17, 15) is 0 Å². The Morgan fingerprint density at radius 3 is 2.67 bits per heavy atom. The number of rotatable bonds is 5. The number of oxime groups is 1. The summed E-state index contributed by atoms with van der Waals surface area (Å²) in [6.45, 7) is 2.70. The number of nitrogens with zero attached hydrogens (tertiary/aromatic N) is 2. The molecule has 0 amide bonds. The first-order chi connectivity index (χ1) is 5.61. The highest BCUT2D eigenvalue weighted by molar-refractivity contribution is 5.79. The van der Waals surface area contributed by atoms with Crippen molar-refractivity contribution < 1.29 is 10.3 Å². The molecule has 12 heavy (non-hydrogen) atoms. The van der Waals surface area contributed by atoms with Crippen LogP contribution >= 0.6 is 0 Å². The van der Waals surface area contributed by atoms with Crippen LogP contribution in [0.4, 0.5) is 0 Å². The Bertz CT molecular complexity index is 150. The third-order valence-corrected chi connectivity index (χ3v) is 1.87. The minimum atomic E-state index is 0.108. The van der Waals surface area contributed by atoms with Crippen molar-refractivity contribution in [2.45, 2.75) is 19.4 Å². The van der Waals surface area contributed by atoms with Crippen LogP contribution in [0.3, 0.4) is 0 Å². The summed E-state index contributed by atoms with van der Waals surface area (Å²) < 4.78 is 0. The lowest BCUT2D eigenvalue weighted by Gasteiger charge is -2.21. The zero-order chi connectivity index (χ0) is 9.56. The fraction of sp³-hybridized carbons (Fsp3) is 0.857. The summed E-state index contributed by atoms with van der Waals surface area (Å²) in [5.74, 6) is 0.215. The third kappa shape index (κ3) is 4.15. The Balaban J connectivity index is 3.63. The summed E-state index contributed by atoms with van der Waals surface area (Å²) in [5.41, 5.74) is 5.27. The zero-order valence-corrected chi connectivity index (χ0v) is 7.56. The number of aliphatic hydroxyl groups is 1. The van der Waals surface area contributed by atoms with E-state index in [0.29, 0.717) is 13.0 Å². The van der Waals surface area contributed by atoms with Gasteiger partial charge < -0.3 is 20.9 Å². The predicted molar refractivity (Wildman–Crippen MR) is 47.2 cm³/mol. The number of hydrogen-bond donors (Lipinski definition) is 3. The molecule has 0 aromatic heterocycles. The van der Waals surface area contributed by atoms with Crippen LogP contribution in [-0.4, -0.2) is 47.3 Å². The molecular weight excluding hydrogens is 158 g/mol. The highest BCUT2D eigenvalue weighted by atomic mass is 16.4. The molecule has 1 atom stereocenters. The van der Waals surface area contributed by atoms with E-state index in [1.54, 1.807) is 0 Å². The smallest absolute Gasteiger partial charge is 0.140 e. The van der Waals surface area contributed by atoms with Gasteiger partial charge in [-0.3, -0.25) is 0 Å². The normalized spacial score (nSPS) is 15.2. The van der Waals surface area contributed by atoms with Gasteiger partial charge in [-0.25, -0.2) is 0 Å². The summed E-state index contributed by atoms with van der Waals surface area (Å²) in [5, 5.41) is 19.9. The topological polar surface area (TPSA) is 82.1 Å². The molecule has 0 spiro atoms. The van der Waals surface area contributed by atoms with Gasteiger partial charge in [-0.05, 0) is 14.0 Å². The molecule has 0 bridgehead atoms. The predicted octanol–water partition coefficient (Wildman–Crippen LogP) is -0.564. The molecule has 0 heterocycles. The van der Waals surface area contributed by atoms with Crippen LogP contribution in [0, 0.1) is 0 Å². The second kappa shape index (κ2) is 5.79. The molecule has 0 aromatic carbocycles. The molecule has 0 radical (unpaired) electrons. The monoisotopic (exact) mass is 175 g/mol. The van der Waals surface area contributed by atoms with E-state index in [0.717, 1.165) is 0 Å². The quantitative estimate of drug-likeness (QED) is 0.226. The Morgan fingerprint density at radius 2 is 2.25 bits per heavy atom.